The molecule has 1 heterocycles. The second kappa shape index (κ2) is 2.97. The van der Waals surface area contributed by atoms with Crippen LogP contribution in [-0.2, 0) is 0 Å². The largest absolute Gasteiger partial charge is 0.323 e. The van der Waals surface area contributed by atoms with Gasteiger partial charge in [-0.25, -0.2) is 4.79 Å². The van der Waals surface area contributed by atoms with Crippen molar-refractivity contribution in [2.75, 3.05) is 6.54 Å². The van der Waals surface area contributed by atoms with Crippen LogP contribution in [0, 0.1) is 11.3 Å². The van der Waals surface area contributed by atoms with Crippen molar-refractivity contribution in [1.29, 1.82) is 5.41 Å². The maximum atomic E-state index is 11.6. The standard InChI is InChI=1S/C10H17N3O/c1-3-10(2)8(11)12-9(14)13(10)6-7-4-5-7/h7H,3-6H2,1-2H3,(H2,11,12,14). The van der Waals surface area contributed by atoms with Gasteiger partial charge < -0.3 is 4.90 Å². The van der Waals surface area contributed by atoms with Crippen LogP contribution in [0.15, 0.2) is 0 Å². The molecule has 0 aromatic rings. The summed E-state index contributed by atoms with van der Waals surface area (Å²) in [5, 5.41) is 10.4. The van der Waals surface area contributed by atoms with Crippen molar-refractivity contribution >= 4 is 11.9 Å². The summed E-state index contributed by atoms with van der Waals surface area (Å²) >= 11 is 0. The Morgan fingerprint density at radius 3 is 2.79 bits per heavy atom. The molecule has 0 aromatic heterocycles. The van der Waals surface area contributed by atoms with Crippen LogP contribution in [-0.4, -0.2) is 28.9 Å². The molecule has 14 heavy (non-hydrogen) atoms. The number of amidine groups is 1. The lowest BCUT2D eigenvalue weighted by Gasteiger charge is -2.32. The van der Waals surface area contributed by atoms with Crippen LogP contribution in [0.5, 0.6) is 0 Å². The highest BCUT2D eigenvalue weighted by atomic mass is 16.2. The van der Waals surface area contributed by atoms with E-state index >= 15 is 0 Å². The highest BCUT2D eigenvalue weighted by Gasteiger charge is 2.46. The Morgan fingerprint density at radius 1 is 1.64 bits per heavy atom. The number of nitrogens with zero attached hydrogens (tertiary/aromatic N) is 1. The topological polar surface area (TPSA) is 56.2 Å². The molecule has 0 spiro atoms. The van der Waals surface area contributed by atoms with Crippen molar-refractivity contribution in [1.82, 2.24) is 10.2 Å². The van der Waals surface area contributed by atoms with Crippen molar-refractivity contribution in [3.05, 3.63) is 0 Å². The number of nitrogens with one attached hydrogen (secondary N) is 2. The summed E-state index contributed by atoms with van der Waals surface area (Å²) in [7, 11) is 0. The Balaban J connectivity index is 2.17. The molecule has 0 bridgehead atoms. The Labute approximate surface area is 84.2 Å². The quantitative estimate of drug-likeness (QED) is 0.705. The van der Waals surface area contributed by atoms with Gasteiger partial charge in [0.1, 0.15) is 5.84 Å². The van der Waals surface area contributed by atoms with Gasteiger partial charge in [-0.05, 0) is 32.1 Å². The average Bonchev–Trinajstić information content (AvgIpc) is 2.92. The minimum atomic E-state index is -0.389. The number of carbonyl (C=O) groups excluding carboxylic acids is 1. The van der Waals surface area contributed by atoms with Gasteiger partial charge in [0.25, 0.3) is 0 Å². The Hall–Kier alpha value is -1.06. The highest BCUT2D eigenvalue weighted by molar-refractivity contribution is 6.08. The van der Waals surface area contributed by atoms with E-state index in [1.54, 1.807) is 0 Å². The minimum Gasteiger partial charge on any atom is -0.312 e. The zero-order chi connectivity index (χ0) is 10.3. The molecule has 2 rings (SSSR count). The smallest absolute Gasteiger partial charge is 0.312 e. The number of hydrogen-bond donors (Lipinski definition) is 2. The summed E-state index contributed by atoms with van der Waals surface area (Å²) in [5.41, 5.74) is -0.389. The third-order valence-electron chi connectivity index (χ3n) is 3.44. The van der Waals surface area contributed by atoms with Crippen LogP contribution in [0.3, 0.4) is 0 Å². The Morgan fingerprint density at radius 2 is 2.29 bits per heavy atom. The summed E-state index contributed by atoms with van der Waals surface area (Å²) in [6, 6.07) is -0.0914. The zero-order valence-corrected chi connectivity index (χ0v) is 8.76. The fraction of sp³-hybridized carbons (Fsp3) is 0.800. The van der Waals surface area contributed by atoms with E-state index in [-0.39, 0.29) is 11.6 Å². The molecular formula is C10H17N3O. The number of urea groups is 1. The maximum Gasteiger partial charge on any atom is 0.323 e. The molecule has 1 saturated carbocycles. The van der Waals surface area contributed by atoms with E-state index in [1.807, 2.05) is 18.7 Å². The average molecular weight is 195 g/mol. The Bertz CT molecular complexity index is 285. The van der Waals surface area contributed by atoms with Crippen LogP contribution in [0.1, 0.15) is 33.1 Å². The van der Waals surface area contributed by atoms with Gasteiger partial charge in [0.15, 0.2) is 0 Å². The molecule has 1 aliphatic carbocycles. The molecule has 2 fully saturated rings. The van der Waals surface area contributed by atoms with Gasteiger partial charge in [0, 0.05) is 6.54 Å². The first-order chi connectivity index (χ1) is 6.58. The number of amides is 2. The summed E-state index contributed by atoms with van der Waals surface area (Å²) in [6.07, 6.45) is 3.27. The maximum absolute atomic E-state index is 11.6. The Kier molecular flexibility index (Phi) is 2.01. The molecule has 4 heteroatoms. The molecule has 78 valence electrons. The van der Waals surface area contributed by atoms with E-state index in [2.05, 4.69) is 5.32 Å². The predicted octanol–water partition coefficient (Wildman–Crippen LogP) is 1.57. The lowest BCUT2D eigenvalue weighted by atomic mass is 9.96. The fourth-order valence-corrected chi connectivity index (χ4v) is 1.88. The molecule has 1 saturated heterocycles. The van der Waals surface area contributed by atoms with Crippen LogP contribution in [0.25, 0.3) is 0 Å². The van der Waals surface area contributed by atoms with Gasteiger partial charge in [0.2, 0.25) is 0 Å². The van der Waals surface area contributed by atoms with E-state index < -0.39 is 0 Å². The third kappa shape index (κ3) is 1.29. The first-order valence-electron chi connectivity index (χ1n) is 5.25. The van der Waals surface area contributed by atoms with Crippen molar-refractivity contribution in [3.8, 4) is 0 Å². The molecule has 0 radical (unpaired) electrons. The van der Waals surface area contributed by atoms with Crippen LogP contribution in [0.4, 0.5) is 4.79 Å². The summed E-state index contributed by atoms with van der Waals surface area (Å²) in [5.74, 6) is 1.03. The summed E-state index contributed by atoms with van der Waals surface area (Å²) in [4.78, 5) is 13.4. The van der Waals surface area contributed by atoms with Crippen LogP contribution < -0.4 is 5.32 Å². The minimum absolute atomic E-state index is 0.0914. The second-order valence-electron chi connectivity index (χ2n) is 4.49. The van der Waals surface area contributed by atoms with E-state index in [1.165, 1.54) is 12.8 Å². The molecule has 1 unspecified atom stereocenters. The van der Waals surface area contributed by atoms with E-state index in [0.717, 1.165) is 13.0 Å². The third-order valence-corrected chi connectivity index (χ3v) is 3.44. The second-order valence-corrected chi connectivity index (χ2v) is 4.49. The van der Waals surface area contributed by atoms with E-state index in [4.69, 9.17) is 5.41 Å². The number of rotatable bonds is 3. The monoisotopic (exact) mass is 195 g/mol. The molecule has 4 nitrogen and oxygen atoms in total. The van der Waals surface area contributed by atoms with E-state index in [9.17, 15) is 4.79 Å². The van der Waals surface area contributed by atoms with Crippen molar-refractivity contribution < 1.29 is 4.79 Å². The number of hydrogen-bond acceptors (Lipinski definition) is 2. The van der Waals surface area contributed by atoms with Crippen molar-refractivity contribution in [3.63, 3.8) is 0 Å². The number of carbonyl (C=O) groups is 1. The molecule has 2 N–H and O–H groups in total. The highest BCUT2D eigenvalue weighted by Crippen LogP contribution is 2.34. The lowest BCUT2D eigenvalue weighted by Crippen LogP contribution is -2.47. The first kappa shape index (κ1) is 9.49. The van der Waals surface area contributed by atoms with Gasteiger partial charge in [-0.3, -0.25) is 10.7 Å². The van der Waals surface area contributed by atoms with Crippen LogP contribution in [0.2, 0.25) is 0 Å². The van der Waals surface area contributed by atoms with Crippen LogP contribution >= 0.6 is 0 Å². The molecular weight excluding hydrogens is 178 g/mol. The van der Waals surface area contributed by atoms with Crippen molar-refractivity contribution in [2.45, 2.75) is 38.6 Å². The van der Waals surface area contributed by atoms with Gasteiger partial charge in [0.05, 0.1) is 5.54 Å². The molecule has 2 aliphatic rings. The normalized spacial score (nSPS) is 32.3. The van der Waals surface area contributed by atoms with Gasteiger partial charge in [-0.15, -0.1) is 0 Å². The summed E-state index contributed by atoms with van der Waals surface area (Å²) in [6.45, 7) is 4.81. The molecule has 0 aromatic carbocycles. The first-order valence-corrected chi connectivity index (χ1v) is 5.25. The summed E-state index contributed by atoms with van der Waals surface area (Å²) < 4.78 is 0. The molecule has 1 atom stereocenters. The molecule has 1 aliphatic heterocycles. The zero-order valence-electron chi connectivity index (χ0n) is 8.76. The van der Waals surface area contributed by atoms with Gasteiger partial charge in [-0.2, -0.15) is 0 Å². The predicted molar refractivity (Wildman–Crippen MR) is 54.4 cm³/mol. The molecule has 2 amide bonds. The van der Waals surface area contributed by atoms with Gasteiger partial charge >= 0.3 is 6.03 Å². The van der Waals surface area contributed by atoms with Crippen molar-refractivity contribution in [2.24, 2.45) is 5.92 Å². The van der Waals surface area contributed by atoms with Gasteiger partial charge in [-0.1, -0.05) is 6.92 Å². The SMILES string of the molecule is CCC1(C)C(=N)NC(=O)N1CC1CC1. The fourth-order valence-electron chi connectivity index (χ4n) is 1.88. The lowest BCUT2D eigenvalue weighted by molar-refractivity contribution is 0.174. The van der Waals surface area contributed by atoms with E-state index in [0.29, 0.717) is 11.8 Å².